The van der Waals surface area contributed by atoms with E-state index in [1.165, 1.54) is 5.69 Å². The second-order valence-corrected chi connectivity index (χ2v) is 5.11. The highest BCUT2D eigenvalue weighted by Gasteiger charge is 2.27. The van der Waals surface area contributed by atoms with E-state index in [0.717, 1.165) is 25.9 Å². The minimum atomic E-state index is 0.180. The lowest BCUT2D eigenvalue weighted by Crippen LogP contribution is -2.43. The smallest absolute Gasteiger partial charge is 0.234 e. The monoisotopic (exact) mass is 233 g/mol. The molecule has 1 aliphatic carbocycles. The fraction of sp³-hybridized carbons (Fsp3) is 0.615. The maximum absolute atomic E-state index is 11.8. The van der Waals surface area contributed by atoms with Crippen LogP contribution in [0.15, 0.2) is 18.3 Å². The van der Waals surface area contributed by atoms with Crippen molar-refractivity contribution < 1.29 is 4.79 Å². The topological polar surface area (TPSA) is 37.3 Å². The molecule has 1 amide bonds. The first-order valence-corrected chi connectivity index (χ1v) is 6.42. The first-order valence-electron chi connectivity index (χ1n) is 6.42. The summed E-state index contributed by atoms with van der Waals surface area (Å²) in [6.07, 6.45) is 4.43. The number of hydrogen-bond donors (Lipinski definition) is 1. The summed E-state index contributed by atoms with van der Waals surface area (Å²) in [5.74, 6) is 0.180. The Labute approximate surface area is 102 Å². The molecular weight excluding hydrogens is 214 g/mol. The van der Waals surface area contributed by atoms with Gasteiger partial charge >= 0.3 is 0 Å². The lowest BCUT2D eigenvalue weighted by molar-refractivity contribution is -0.123. The van der Waals surface area contributed by atoms with Gasteiger partial charge in [0.15, 0.2) is 0 Å². The predicted octanol–water partition coefficient (Wildman–Crippen LogP) is 1.14. The largest absolute Gasteiger partial charge is 0.352 e. The maximum atomic E-state index is 11.8. The van der Waals surface area contributed by atoms with Crippen LogP contribution < -0.4 is 5.32 Å². The molecule has 1 fully saturated rings. The van der Waals surface area contributed by atoms with Crippen molar-refractivity contribution in [1.29, 1.82) is 0 Å². The third kappa shape index (κ3) is 2.22. The third-order valence-corrected chi connectivity index (χ3v) is 3.76. The molecular formula is C13H19N3O. The number of nitrogens with one attached hydrogen (secondary N) is 1. The molecule has 2 heterocycles. The van der Waals surface area contributed by atoms with Gasteiger partial charge < -0.3 is 9.88 Å². The lowest BCUT2D eigenvalue weighted by Gasteiger charge is -2.34. The summed E-state index contributed by atoms with van der Waals surface area (Å²) in [7, 11) is 0. The van der Waals surface area contributed by atoms with Crippen LogP contribution in [0.25, 0.3) is 0 Å². The van der Waals surface area contributed by atoms with E-state index in [0.29, 0.717) is 18.6 Å². The van der Waals surface area contributed by atoms with E-state index in [1.807, 2.05) is 0 Å². The van der Waals surface area contributed by atoms with Gasteiger partial charge in [-0.15, -0.1) is 0 Å². The fourth-order valence-corrected chi connectivity index (χ4v) is 2.53. The molecule has 0 spiro atoms. The first-order chi connectivity index (χ1) is 8.24. The zero-order valence-corrected chi connectivity index (χ0v) is 10.2. The second kappa shape index (κ2) is 4.18. The van der Waals surface area contributed by atoms with Crippen molar-refractivity contribution in [2.45, 2.75) is 38.4 Å². The molecule has 1 aromatic rings. The summed E-state index contributed by atoms with van der Waals surface area (Å²) >= 11 is 0. The molecule has 1 aliphatic heterocycles. The SMILES string of the molecule is CC1c2cccn2CCN1CC(=O)NC1CC1. The van der Waals surface area contributed by atoms with E-state index >= 15 is 0 Å². The normalized spacial score (nSPS) is 24.4. The van der Waals surface area contributed by atoms with Gasteiger partial charge in [0.1, 0.15) is 0 Å². The van der Waals surface area contributed by atoms with Gasteiger partial charge in [0.2, 0.25) is 5.91 Å². The Balaban J connectivity index is 1.62. The Bertz CT molecular complexity index is 422. The van der Waals surface area contributed by atoms with Crippen molar-refractivity contribution in [3.05, 3.63) is 24.0 Å². The Morgan fingerprint density at radius 2 is 2.29 bits per heavy atom. The van der Waals surface area contributed by atoms with Crippen LogP contribution in [0.1, 0.15) is 31.5 Å². The van der Waals surface area contributed by atoms with E-state index in [4.69, 9.17) is 0 Å². The molecule has 1 aromatic heterocycles. The van der Waals surface area contributed by atoms with E-state index in [2.05, 4.69) is 40.0 Å². The fourth-order valence-electron chi connectivity index (χ4n) is 2.53. The van der Waals surface area contributed by atoms with E-state index in [-0.39, 0.29) is 5.91 Å². The lowest BCUT2D eigenvalue weighted by atomic mass is 10.1. The van der Waals surface area contributed by atoms with Crippen molar-refractivity contribution in [3.8, 4) is 0 Å². The average molecular weight is 233 g/mol. The standard InChI is InChI=1S/C13H19N3O/c1-10-12-3-2-6-15(12)7-8-16(10)9-13(17)14-11-4-5-11/h2-3,6,10-11H,4-5,7-9H2,1H3,(H,14,17). The molecule has 0 bridgehead atoms. The van der Waals surface area contributed by atoms with Gasteiger partial charge in [0.25, 0.3) is 0 Å². The summed E-state index contributed by atoms with van der Waals surface area (Å²) in [6, 6.07) is 5.03. The summed E-state index contributed by atoms with van der Waals surface area (Å²) < 4.78 is 2.28. The number of hydrogen-bond acceptors (Lipinski definition) is 2. The summed E-state index contributed by atoms with van der Waals surface area (Å²) in [5.41, 5.74) is 1.32. The van der Waals surface area contributed by atoms with Crippen molar-refractivity contribution in [2.24, 2.45) is 0 Å². The quantitative estimate of drug-likeness (QED) is 0.850. The van der Waals surface area contributed by atoms with Crippen LogP contribution in [-0.4, -0.2) is 34.5 Å². The van der Waals surface area contributed by atoms with Crippen LogP contribution in [0.4, 0.5) is 0 Å². The number of carbonyl (C=O) groups is 1. The molecule has 1 saturated carbocycles. The van der Waals surface area contributed by atoms with E-state index in [1.54, 1.807) is 0 Å². The molecule has 4 heteroatoms. The Hall–Kier alpha value is -1.29. The molecule has 3 rings (SSSR count). The van der Waals surface area contributed by atoms with Gasteiger partial charge in [0, 0.05) is 37.1 Å². The minimum absolute atomic E-state index is 0.180. The van der Waals surface area contributed by atoms with Gasteiger partial charge in [-0.1, -0.05) is 0 Å². The van der Waals surface area contributed by atoms with Gasteiger partial charge in [-0.2, -0.15) is 0 Å². The van der Waals surface area contributed by atoms with Crippen LogP contribution in [0.2, 0.25) is 0 Å². The molecule has 92 valence electrons. The van der Waals surface area contributed by atoms with Gasteiger partial charge in [-0.25, -0.2) is 0 Å². The molecule has 1 unspecified atom stereocenters. The summed E-state index contributed by atoms with van der Waals surface area (Å²) in [6.45, 7) is 4.66. The Morgan fingerprint density at radius 3 is 3.06 bits per heavy atom. The van der Waals surface area contributed by atoms with Crippen LogP contribution in [0.3, 0.4) is 0 Å². The number of fused-ring (bicyclic) bond motifs is 1. The number of rotatable bonds is 3. The molecule has 4 nitrogen and oxygen atoms in total. The second-order valence-electron chi connectivity index (χ2n) is 5.11. The highest BCUT2D eigenvalue weighted by atomic mass is 16.2. The zero-order valence-electron chi connectivity index (χ0n) is 10.2. The minimum Gasteiger partial charge on any atom is -0.352 e. The zero-order chi connectivity index (χ0) is 11.8. The van der Waals surface area contributed by atoms with E-state index in [9.17, 15) is 4.79 Å². The molecule has 17 heavy (non-hydrogen) atoms. The number of nitrogens with zero attached hydrogens (tertiary/aromatic N) is 2. The van der Waals surface area contributed by atoms with Crippen LogP contribution in [0, 0.1) is 0 Å². The van der Waals surface area contributed by atoms with Crippen molar-refractivity contribution in [2.75, 3.05) is 13.1 Å². The first kappa shape index (κ1) is 10.8. The molecule has 1 N–H and O–H groups in total. The third-order valence-electron chi connectivity index (χ3n) is 3.76. The molecule has 0 aromatic carbocycles. The summed E-state index contributed by atoms with van der Waals surface area (Å²) in [4.78, 5) is 14.1. The number of aromatic nitrogens is 1. The van der Waals surface area contributed by atoms with Crippen LogP contribution in [-0.2, 0) is 11.3 Å². The van der Waals surface area contributed by atoms with Crippen molar-refractivity contribution >= 4 is 5.91 Å². The van der Waals surface area contributed by atoms with E-state index < -0.39 is 0 Å². The van der Waals surface area contributed by atoms with Crippen molar-refractivity contribution in [3.63, 3.8) is 0 Å². The molecule has 2 aliphatic rings. The van der Waals surface area contributed by atoms with Gasteiger partial charge in [-0.3, -0.25) is 9.69 Å². The molecule has 1 atom stereocenters. The Kier molecular flexibility index (Phi) is 2.67. The Morgan fingerprint density at radius 1 is 1.47 bits per heavy atom. The summed E-state index contributed by atoms with van der Waals surface area (Å²) in [5, 5.41) is 3.05. The van der Waals surface area contributed by atoms with Gasteiger partial charge in [-0.05, 0) is 31.9 Å². The van der Waals surface area contributed by atoms with Crippen LogP contribution in [0.5, 0.6) is 0 Å². The highest BCUT2D eigenvalue weighted by Crippen LogP contribution is 2.25. The average Bonchev–Trinajstić information content (AvgIpc) is 2.97. The number of carbonyl (C=O) groups excluding carboxylic acids is 1. The maximum Gasteiger partial charge on any atom is 0.234 e. The predicted molar refractivity (Wildman–Crippen MR) is 65.6 cm³/mol. The molecule has 0 radical (unpaired) electrons. The van der Waals surface area contributed by atoms with Crippen molar-refractivity contribution in [1.82, 2.24) is 14.8 Å². The number of amides is 1. The highest BCUT2D eigenvalue weighted by molar-refractivity contribution is 5.78. The molecule has 0 saturated heterocycles. The van der Waals surface area contributed by atoms with Crippen LogP contribution >= 0.6 is 0 Å². The van der Waals surface area contributed by atoms with Gasteiger partial charge in [0.05, 0.1) is 6.54 Å².